The lowest BCUT2D eigenvalue weighted by Crippen LogP contribution is -2.44. The van der Waals surface area contributed by atoms with E-state index in [0.29, 0.717) is 52.9 Å². The maximum absolute atomic E-state index is 15.5. The number of carbonyl (C=O) groups is 1. The fourth-order valence-electron chi connectivity index (χ4n) is 7.48. The molecule has 10 nitrogen and oxygen atoms in total. The number of ether oxygens (including phenoxy) is 2. The lowest BCUT2D eigenvalue weighted by Gasteiger charge is -2.45. The molecule has 1 aliphatic heterocycles. The minimum absolute atomic E-state index is 0.123. The highest BCUT2D eigenvalue weighted by Crippen LogP contribution is 2.53. The van der Waals surface area contributed by atoms with Crippen molar-refractivity contribution < 1.29 is 19.2 Å². The Balaban J connectivity index is 1.73. The Hall–Kier alpha value is -5.81. The number of nitro benzene ring substituents is 1. The van der Waals surface area contributed by atoms with Crippen LogP contribution in [0.4, 0.5) is 11.5 Å². The van der Waals surface area contributed by atoms with Crippen LogP contribution in [0, 0.1) is 20.3 Å². The maximum Gasteiger partial charge on any atom is 0.273 e. The molecule has 0 N–H and O–H groups in total. The standard InChI is InChI=1S/C40H36N4O6S/c1-40(2)22-30-35(31(45)23-40)34(26-16-8-9-17-27(26)44(47)48)36-37(41(30)24-25-14-6-5-7-15-25)42(28-18-10-12-20-32(28)49-3)39(51)43(38(36)46)29-19-11-13-21-33(29)50-4/h5-21,34H,22-24H2,1-4H3. The summed E-state index contributed by atoms with van der Waals surface area (Å²) >= 11 is 6.30. The second-order valence-electron chi connectivity index (χ2n) is 13.5. The molecule has 0 saturated carbocycles. The third-order valence-electron chi connectivity index (χ3n) is 9.60. The van der Waals surface area contributed by atoms with E-state index in [1.807, 2.05) is 73.3 Å². The van der Waals surface area contributed by atoms with Gasteiger partial charge in [0.15, 0.2) is 10.6 Å². The number of ketones is 1. The Kier molecular flexibility index (Phi) is 8.68. The summed E-state index contributed by atoms with van der Waals surface area (Å²) in [4.78, 5) is 44.3. The third-order valence-corrected chi connectivity index (χ3v) is 9.97. The van der Waals surface area contributed by atoms with E-state index < -0.39 is 21.8 Å². The fraction of sp³-hybridized carbons (Fsp3) is 0.225. The predicted molar refractivity (Wildman–Crippen MR) is 198 cm³/mol. The number of hydrogen-bond acceptors (Lipinski definition) is 8. The van der Waals surface area contributed by atoms with Crippen LogP contribution in [0.2, 0.25) is 0 Å². The van der Waals surface area contributed by atoms with Gasteiger partial charge in [0.1, 0.15) is 17.3 Å². The molecule has 0 fully saturated rings. The molecular formula is C40H36N4O6S. The average Bonchev–Trinajstić information content (AvgIpc) is 3.12. The van der Waals surface area contributed by atoms with Crippen LogP contribution >= 0.6 is 12.2 Å². The van der Waals surface area contributed by atoms with Crippen molar-refractivity contribution in [1.29, 1.82) is 0 Å². The molecule has 0 bridgehead atoms. The number of fused-ring (bicyclic) bond motifs is 1. The molecule has 0 spiro atoms. The second kappa shape index (κ2) is 13.1. The molecule has 0 saturated heterocycles. The van der Waals surface area contributed by atoms with Gasteiger partial charge in [-0.2, -0.15) is 0 Å². The molecule has 0 radical (unpaired) electrons. The minimum Gasteiger partial charge on any atom is -0.495 e. The summed E-state index contributed by atoms with van der Waals surface area (Å²) in [6, 6.07) is 30.5. The molecule has 5 aromatic rings. The van der Waals surface area contributed by atoms with Gasteiger partial charge in [-0.05, 0) is 53.9 Å². The van der Waals surface area contributed by atoms with Crippen LogP contribution in [0.5, 0.6) is 11.5 Å². The summed E-state index contributed by atoms with van der Waals surface area (Å²) in [6.45, 7) is 4.37. The van der Waals surface area contributed by atoms with Crippen molar-refractivity contribution in [2.24, 2.45) is 5.41 Å². The van der Waals surface area contributed by atoms with Crippen LogP contribution in [0.25, 0.3) is 11.4 Å². The predicted octanol–water partition coefficient (Wildman–Crippen LogP) is 8.08. The van der Waals surface area contributed by atoms with E-state index in [2.05, 4.69) is 0 Å². The van der Waals surface area contributed by atoms with Crippen LogP contribution in [0.15, 0.2) is 119 Å². The summed E-state index contributed by atoms with van der Waals surface area (Å²) in [7, 11) is 3.07. The van der Waals surface area contributed by atoms with Gasteiger partial charge in [0.05, 0.1) is 42.0 Å². The molecule has 4 aromatic carbocycles. The minimum atomic E-state index is -1.09. The van der Waals surface area contributed by atoms with E-state index in [0.717, 1.165) is 5.56 Å². The van der Waals surface area contributed by atoms with Gasteiger partial charge in [-0.25, -0.2) is 4.57 Å². The van der Waals surface area contributed by atoms with Gasteiger partial charge in [0.2, 0.25) is 0 Å². The average molecular weight is 701 g/mol. The van der Waals surface area contributed by atoms with E-state index >= 15 is 4.79 Å². The third kappa shape index (κ3) is 5.73. The maximum atomic E-state index is 15.5. The van der Waals surface area contributed by atoms with Crippen molar-refractivity contribution >= 4 is 29.5 Å². The molecule has 1 unspecified atom stereocenters. The zero-order valence-corrected chi connectivity index (χ0v) is 29.5. The zero-order chi connectivity index (χ0) is 36.0. The molecular weight excluding hydrogens is 665 g/mol. The van der Waals surface area contributed by atoms with Crippen molar-refractivity contribution in [1.82, 2.24) is 9.13 Å². The number of methoxy groups -OCH3 is 2. The monoisotopic (exact) mass is 700 g/mol. The van der Waals surface area contributed by atoms with Gasteiger partial charge >= 0.3 is 0 Å². The van der Waals surface area contributed by atoms with Crippen molar-refractivity contribution in [3.63, 3.8) is 0 Å². The summed E-state index contributed by atoms with van der Waals surface area (Å²) in [5.41, 5.74) is 2.22. The Morgan fingerprint density at radius 3 is 2.00 bits per heavy atom. The Bertz CT molecular complexity index is 2360. The molecule has 2 heterocycles. The topological polar surface area (TPSA) is 109 Å². The number of hydrogen-bond donors (Lipinski definition) is 0. The number of aromatic nitrogens is 2. The number of benzene rings is 4. The van der Waals surface area contributed by atoms with Gasteiger partial charge in [-0.1, -0.05) is 86.6 Å². The zero-order valence-electron chi connectivity index (χ0n) is 28.7. The number of nitro groups is 1. The van der Waals surface area contributed by atoms with E-state index in [1.54, 1.807) is 54.1 Å². The number of Topliss-reactive ketones (excluding diaryl/α,β-unsaturated/α-hetero) is 1. The largest absolute Gasteiger partial charge is 0.495 e. The van der Waals surface area contributed by atoms with Crippen molar-refractivity contribution in [2.45, 2.75) is 39.2 Å². The lowest BCUT2D eigenvalue weighted by molar-refractivity contribution is -0.385. The first-order valence-electron chi connectivity index (χ1n) is 16.6. The van der Waals surface area contributed by atoms with E-state index in [4.69, 9.17) is 21.7 Å². The first-order valence-corrected chi connectivity index (χ1v) is 17.0. The smallest absolute Gasteiger partial charge is 0.273 e. The molecule has 1 aliphatic carbocycles. The van der Waals surface area contributed by atoms with Crippen molar-refractivity contribution in [3.8, 4) is 22.9 Å². The summed E-state index contributed by atoms with van der Waals surface area (Å²) < 4.78 is 14.9. The second-order valence-corrected chi connectivity index (χ2v) is 13.8. The fourth-order valence-corrected chi connectivity index (χ4v) is 7.84. The SMILES string of the molecule is COc1ccccc1-n1c2c(c(=O)n(-c3ccccc3OC)c1=S)C(c1ccccc1[N+](=O)[O-])C1=C(CC(C)(C)CC1=O)N2Cc1ccccc1. The molecule has 258 valence electrons. The van der Waals surface area contributed by atoms with Crippen molar-refractivity contribution in [2.75, 3.05) is 19.1 Å². The number of rotatable bonds is 8. The van der Waals surface area contributed by atoms with Crippen LogP contribution < -0.4 is 19.9 Å². The van der Waals surface area contributed by atoms with E-state index in [-0.39, 0.29) is 33.8 Å². The highest BCUT2D eigenvalue weighted by molar-refractivity contribution is 7.71. The number of carbonyl (C=O) groups excluding carboxylic acids is 1. The van der Waals surface area contributed by atoms with Crippen LogP contribution in [0.1, 0.15) is 49.3 Å². The summed E-state index contributed by atoms with van der Waals surface area (Å²) in [5, 5.41) is 12.7. The normalized spacial score (nSPS) is 16.4. The Morgan fingerprint density at radius 1 is 0.804 bits per heavy atom. The van der Waals surface area contributed by atoms with Gasteiger partial charge in [0.25, 0.3) is 11.2 Å². The first kappa shape index (κ1) is 33.7. The highest BCUT2D eigenvalue weighted by Gasteiger charge is 2.48. The van der Waals surface area contributed by atoms with Crippen LogP contribution in [0.3, 0.4) is 0 Å². The van der Waals surface area contributed by atoms with E-state index in [9.17, 15) is 14.9 Å². The molecule has 11 heteroatoms. The van der Waals surface area contributed by atoms with Gasteiger partial charge in [-0.3, -0.25) is 24.3 Å². The molecule has 2 aliphatic rings. The van der Waals surface area contributed by atoms with Gasteiger partial charge in [-0.15, -0.1) is 0 Å². The van der Waals surface area contributed by atoms with E-state index in [1.165, 1.54) is 17.7 Å². The number of nitrogens with zero attached hydrogens (tertiary/aromatic N) is 4. The molecule has 1 atom stereocenters. The first-order chi connectivity index (χ1) is 24.6. The number of anilines is 1. The summed E-state index contributed by atoms with van der Waals surface area (Å²) in [6.07, 6.45) is 0.690. The number of para-hydroxylation sites is 5. The number of allylic oxidation sites excluding steroid dienone is 2. The van der Waals surface area contributed by atoms with Crippen LogP contribution in [-0.4, -0.2) is 34.1 Å². The van der Waals surface area contributed by atoms with Gasteiger partial charge in [0, 0.05) is 35.9 Å². The molecule has 0 amide bonds. The molecule has 7 rings (SSSR count). The lowest BCUT2D eigenvalue weighted by atomic mass is 9.68. The quantitative estimate of drug-likeness (QED) is 0.0909. The highest BCUT2D eigenvalue weighted by atomic mass is 32.1. The Labute approximate surface area is 300 Å². The Morgan fingerprint density at radius 2 is 1.37 bits per heavy atom. The van der Waals surface area contributed by atoms with Gasteiger partial charge < -0.3 is 14.4 Å². The summed E-state index contributed by atoms with van der Waals surface area (Å²) in [5.74, 6) is 0.0476. The molecule has 51 heavy (non-hydrogen) atoms. The molecule has 1 aromatic heterocycles. The van der Waals surface area contributed by atoms with Crippen molar-refractivity contribution in [3.05, 3.63) is 156 Å². The van der Waals surface area contributed by atoms with Crippen LogP contribution in [-0.2, 0) is 11.3 Å².